The van der Waals surface area contributed by atoms with Crippen LogP contribution in [-0.2, 0) is 0 Å². The topological polar surface area (TPSA) is 113 Å². The van der Waals surface area contributed by atoms with Crippen LogP contribution in [0.4, 0.5) is 0 Å². The Kier molecular flexibility index (Phi) is 5.54. The molecule has 0 aromatic carbocycles. The zero-order valence-electron chi connectivity index (χ0n) is 20.9. The van der Waals surface area contributed by atoms with Crippen molar-refractivity contribution in [3.8, 4) is 0 Å². The number of carbonyl (C=O) groups excluding carboxylic acids is 3. The van der Waals surface area contributed by atoms with E-state index < -0.39 is 0 Å². The Labute approximate surface area is 212 Å². The predicted octanol–water partition coefficient (Wildman–Crippen LogP) is 3.23. The third-order valence-electron chi connectivity index (χ3n) is 10.6. The van der Waals surface area contributed by atoms with Crippen LogP contribution in [0.2, 0.25) is 0 Å². The quantitative estimate of drug-likeness (QED) is 0.566. The number of amides is 3. The largest absolute Gasteiger partial charge is 0.348 e. The first kappa shape index (κ1) is 22.7. The second kappa shape index (κ2) is 8.80. The Morgan fingerprint density at radius 3 is 1.28 bits per heavy atom. The first-order chi connectivity index (χ1) is 17.5. The molecular formula is C28H37N5O3. The lowest BCUT2D eigenvalue weighted by molar-refractivity contribution is 0.0906. The maximum Gasteiger partial charge on any atom is 0.289 e. The maximum absolute atomic E-state index is 13.3. The molecule has 1 aromatic heterocycles. The zero-order chi connectivity index (χ0) is 24.4. The smallest absolute Gasteiger partial charge is 0.289 e. The van der Waals surface area contributed by atoms with E-state index in [4.69, 9.17) is 0 Å². The van der Waals surface area contributed by atoms with Gasteiger partial charge in [0.1, 0.15) is 11.4 Å². The van der Waals surface area contributed by atoms with E-state index in [2.05, 4.69) is 25.9 Å². The van der Waals surface area contributed by atoms with Gasteiger partial charge in [0.05, 0.1) is 0 Å². The van der Waals surface area contributed by atoms with Gasteiger partial charge in [0.2, 0.25) is 5.82 Å². The van der Waals surface area contributed by atoms with Crippen molar-refractivity contribution in [2.75, 3.05) is 0 Å². The molecule has 3 amide bonds. The van der Waals surface area contributed by atoms with Crippen LogP contribution < -0.4 is 16.0 Å². The molecule has 9 atom stereocenters. The van der Waals surface area contributed by atoms with E-state index in [1.807, 2.05) is 0 Å². The highest BCUT2D eigenvalue weighted by molar-refractivity contribution is 6.00. The monoisotopic (exact) mass is 491 g/mol. The highest BCUT2D eigenvalue weighted by Crippen LogP contribution is 2.46. The average molecular weight is 492 g/mol. The predicted molar refractivity (Wildman–Crippen MR) is 132 cm³/mol. The van der Waals surface area contributed by atoms with E-state index in [1.54, 1.807) is 0 Å². The minimum absolute atomic E-state index is 0.0727. The summed E-state index contributed by atoms with van der Waals surface area (Å²) in [4.78, 5) is 48.5. The highest BCUT2D eigenvalue weighted by Gasteiger charge is 2.43. The summed E-state index contributed by atoms with van der Waals surface area (Å²) in [6, 6.07) is 1.92. The van der Waals surface area contributed by atoms with Gasteiger partial charge >= 0.3 is 0 Å². The van der Waals surface area contributed by atoms with Gasteiger partial charge in [-0.15, -0.1) is 0 Å². The van der Waals surface area contributed by atoms with Crippen LogP contribution in [0.15, 0.2) is 6.07 Å². The molecular weight excluding hydrogens is 454 g/mol. The molecule has 6 aliphatic carbocycles. The molecule has 1 aromatic rings. The van der Waals surface area contributed by atoms with Crippen molar-refractivity contribution >= 4 is 17.7 Å². The van der Waals surface area contributed by atoms with Crippen LogP contribution in [0.3, 0.4) is 0 Å². The lowest BCUT2D eigenvalue weighted by atomic mass is 9.95. The average Bonchev–Trinajstić information content (AvgIpc) is 3.72. The van der Waals surface area contributed by atoms with Gasteiger partial charge in [-0.2, -0.15) is 0 Å². The van der Waals surface area contributed by atoms with Crippen LogP contribution in [0.5, 0.6) is 0 Å². The summed E-state index contributed by atoms with van der Waals surface area (Å²) in [6.07, 6.45) is 13.8. The summed E-state index contributed by atoms with van der Waals surface area (Å²) >= 11 is 0. The molecule has 3 N–H and O–H groups in total. The number of nitrogens with one attached hydrogen (secondary N) is 3. The Hall–Kier alpha value is -2.51. The summed E-state index contributed by atoms with van der Waals surface area (Å²) in [7, 11) is 0. The van der Waals surface area contributed by atoms with Crippen molar-refractivity contribution < 1.29 is 14.4 Å². The zero-order valence-corrected chi connectivity index (χ0v) is 20.9. The first-order valence-corrected chi connectivity index (χ1v) is 14.3. The second-order valence-corrected chi connectivity index (χ2v) is 12.7. The fourth-order valence-corrected chi connectivity index (χ4v) is 8.76. The number of hydrogen-bond acceptors (Lipinski definition) is 5. The molecule has 0 saturated heterocycles. The number of fused-ring (bicyclic) bond motifs is 6. The summed E-state index contributed by atoms with van der Waals surface area (Å²) in [5, 5.41) is 9.43. The van der Waals surface area contributed by atoms with Crippen LogP contribution in [0.1, 0.15) is 109 Å². The van der Waals surface area contributed by atoms with E-state index in [1.165, 1.54) is 44.6 Å². The fourth-order valence-electron chi connectivity index (χ4n) is 8.76. The second-order valence-electron chi connectivity index (χ2n) is 12.7. The van der Waals surface area contributed by atoms with Crippen molar-refractivity contribution in [1.82, 2.24) is 25.9 Å². The SMILES string of the molecule is O=C(NC1CC2CCC1C2)c1cc(C(=O)NC2CC3CCC2C3)nc(C(=O)NC2CC3CCC2C3)n1. The van der Waals surface area contributed by atoms with Crippen molar-refractivity contribution in [3.63, 3.8) is 0 Å². The van der Waals surface area contributed by atoms with Crippen LogP contribution >= 0.6 is 0 Å². The third-order valence-corrected chi connectivity index (χ3v) is 10.6. The van der Waals surface area contributed by atoms with Crippen molar-refractivity contribution in [2.24, 2.45) is 35.5 Å². The van der Waals surface area contributed by atoms with Crippen LogP contribution in [0.25, 0.3) is 0 Å². The number of carbonyl (C=O) groups is 3. The van der Waals surface area contributed by atoms with Gasteiger partial charge in [-0.05, 0) is 93.3 Å². The molecule has 6 fully saturated rings. The maximum atomic E-state index is 13.3. The number of hydrogen-bond donors (Lipinski definition) is 3. The van der Waals surface area contributed by atoms with Gasteiger partial charge in [-0.1, -0.05) is 19.3 Å². The van der Waals surface area contributed by atoms with E-state index in [0.717, 1.165) is 38.5 Å². The molecule has 8 heteroatoms. The number of nitrogens with zero attached hydrogens (tertiary/aromatic N) is 2. The van der Waals surface area contributed by atoms with Gasteiger partial charge < -0.3 is 16.0 Å². The lowest BCUT2D eigenvalue weighted by Gasteiger charge is -2.24. The van der Waals surface area contributed by atoms with E-state index in [9.17, 15) is 14.4 Å². The molecule has 9 unspecified atom stereocenters. The normalized spacial score (nSPS) is 39.5. The van der Waals surface area contributed by atoms with Gasteiger partial charge in [-0.3, -0.25) is 14.4 Å². The molecule has 6 saturated carbocycles. The van der Waals surface area contributed by atoms with Gasteiger partial charge in [0, 0.05) is 24.2 Å². The molecule has 1 heterocycles. The Balaban J connectivity index is 1.11. The summed E-state index contributed by atoms with van der Waals surface area (Å²) in [5.41, 5.74) is 0.230. The number of aromatic nitrogens is 2. The highest BCUT2D eigenvalue weighted by atomic mass is 16.2. The molecule has 6 bridgehead atoms. The molecule has 0 spiro atoms. The fraction of sp³-hybridized carbons (Fsp3) is 0.750. The van der Waals surface area contributed by atoms with Crippen molar-refractivity contribution in [1.29, 1.82) is 0 Å². The Morgan fingerprint density at radius 2 is 0.944 bits per heavy atom. The molecule has 6 aliphatic rings. The molecule has 7 rings (SSSR count). The van der Waals surface area contributed by atoms with Crippen molar-refractivity contribution in [3.05, 3.63) is 23.3 Å². The van der Waals surface area contributed by atoms with Crippen molar-refractivity contribution in [2.45, 2.75) is 95.2 Å². The molecule has 8 nitrogen and oxygen atoms in total. The summed E-state index contributed by atoms with van der Waals surface area (Å²) in [6.45, 7) is 0. The van der Waals surface area contributed by atoms with Gasteiger partial charge in [-0.25, -0.2) is 9.97 Å². The Bertz CT molecular complexity index is 945. The minimum Gasteiger partial charge on any atom is -0.348 e. The first-order valence-electron chi connectivity index (χ1n) is 14.3. The van der Waals surface area contributed by atoms with Gasteiger partial charge in [0.15, 0.2) is 0 Å². The van der Waals surface area contributed by atoms with Gasteiger partial charge in [0.25, 0.3) is 17.7 Å². The van der Waals surface area contributed by atoms with E-state index in [0.29, 0.717) is 35.5 Å². The summed E-state index contributed by atoms with van der Waals surface area (Å²) < 4.78 is 0. The van der Waals surface area contributed by atoms with E-state index in [-0.39, 0.29) is 53.1 Å². The molecule has 0 aliphatic heterocycles. The standard InChI is InChI=1S/C28H37N5O3/c34-26(31-20-10-14-1-4-17(20)7-14)23-13-24(27(35)32-21-11-15-2-5-18(21)8-15)30-25(29-23)28(36)33-22-12-16-3-6-19(22)9-16/h13-22H,1-12H2,(H,31,34)(H,32,35)(H,33,36). The third kappa shape index (κ3) is 4.10. The molecule has 192 valence electrons. The molecule has 36 heavy (non-hydrogen) atoms. The number of rotatable bonds is 6. The van der Waals surface area contributed by atoms with E-state index >= 15 is 0 Å². The lowest BCUT2D eigenvalue weighted by Crippen LogP contribution is -2.42. The minimum atomic E-state index is -0.379. The summed E-state index contributed by atoms with van der Waals surface area (Å²) in [5.74, 6) is 2.62. The van der Waals surface area contributed by atoms with Crippen LogP contribution in [0, 0.1) is 35.5 Å². The van der Waals surface area contributed by atoms with Crippen LogP contribution in [-0.4, -0.2) is 45.8 Å². The molecule has 0 radical (unpaired) electrons. The Morgan fingerprint density at radius 1 is 0.556 bits per heavy atom.